The second-order valence-corrected chi connectivity index (χ2v) is 12.2. The first-order valence-corrected chi connectivity index (χ1v) is 15.9. The van der Waals surface area contributed by atoms with E-state index < -0.39 is 0 Å². The predicted octanol–water partition coefficient (Wildman–Crippen LogP) is 11.8. The van der Waals surface area contributed by atoms with Gasteiger partial charge in [-0.15, -0.1) is 0 Å². The lowest BCUT2D eigenvalue weighted by Crippen LogP contribution is -1.96. The monoisotopic (exact) mass is 584 g/mol. The molecule has 214 valence electrons. The molecule has 0 saturated heterocycles. The van der Waals surface area contributed by atoms with Crippen molar-refractivity contribution in [1.82, 2.24) is 8.97 Å². The maximum Gasteiger partial charge on any atom is 0.0548 e. The van der Waals surface area contributed by atoms with Crippen LogP contribution in [0.25, 0.3) is 87.8 Å². The Kier molecular flexibility index (Phi) is 5.31. The Morgan fingerprint density at radius 1 is 0.283 bits per heavy atom. The minimum Gasteiger partial charge on any atom is -0.309 e. The van der Waals surface area contributed by atoms with E-state index in [1.807, 2.05) is 0 Å². The summed E-state index contributed by atoms with van der Waals surface area (Å²) >= 11 is 0. The van der Waals surface area contributed by atoms with Gasteiger partial charge in [0.1, 0.15) is 0 Å². The molecule has 46 heavy (non-hydrogen) atoms. The molecule has 0 N–H and O–H groups in total. The minimum atomic E-state index is 1.16. The van der Waals surface area contributed by atoms with Crippen LogP contribution in [0.4, 0.5) is 0 Å². The lowest BCUT2D eigenvalue weighted by atomic mass is 9.98. The van der Waals surface area contributed by atoms with Gasteiger partial charge in [0, 0.05) is 32.6 Å². The summed E-state index contributed by atoms with van der Waals surface area (Å²) in [5, 5.41) is 7.59. The fourth-order valence-electron chi connectivity index (χ4n) is 7.58. The van der Waals surface area contributed by atoms with E-state index in [0.29, 0.717) is 0 Å². The molecule has 0 bridgehead atoms. The molecule has 0 radical (unpaired) electrons. The molecular weight excluding hydrogens is 556 g/mol. The van der Waals surface area contributed by atoms with Crippen molar-refractivity contribution in [2.45, 2.75) is 0 Å². The Labute approximate surface area is 266 Å². The fourth-order valence-corrected chi connectivity index (χ4v) is 7.58. The van der Waals surface area contributed by atoms with Crippen LogP contribution in [0.5, 0.6) is 0 Å². The Hall–Kier alpha value is -6.12. The summed E-state index contributed by atoms with van der Waals surface area (Å²) in [6.45, 7) is 0. The molecule has 0 aliphatic carbocycles. The van der Waals surface area contributed by atoms with Gasteiger partial charge in [-0.2, -0.15) is 0 Å². The molecule has 3 aromatic heterocycles. The van der Waals surface area contributed by atoms with Crippen molar-refractivity contribution in [2.75, 3.05) is 0 Å². The van der Waals surface area contributed by atoms with E-state index in [0.717, 1.165) is 5.69 Å². The first-order valence-electron chi connectivity index (χ1n) is 15.9. The van der Waals surface area contributed by atoms with Gasteiger partial charge in [-0.1, -0.05) is 121 Å². The van der Waals surface area contributed by atoms with Crippen molar-refractivity contribution in [2.24, 2.45) is 0 Å². The Bertz CT molecular complexity index is 2730. The minimum absolute atomic E-state index is 1.16. The number of hydrogen-bond acceptors (Lipinski definition) is 0. The third-order valence-electron chi connectivity index (χ3n) is 9.62. The van der Waals surface area contributed by atoms with Gasteiger partial charge in [-0.05, 0) is 76.2 Å². The van der Waals surface area contributed by atoms with Gasteiger partial charge in [0.25, 0.3) is 0 Å². The summed E-state index contributed by atoms with van der Waals surface area (Å²) in [7, 11) is 0. The van der Waals surface area contributed by atoms with Gasteiger partial charge in [0.15, 0.2) is 0 Å². The number of pyridine rings is 1. The number of rotatable bonds is 3. The first-order chi connectivity index (χ1) is 22.8. The Balaban J connectivity index is 1.33. The van der Waals surface area contributed by atoms with Crippen molar-refractivity contribution in [3.8, 4) is 27.9 Å². The quantitative estimate of drug-likeness (QED) is 0.183. The van der Waals surface area contributed by atoms with Crippen LogP contribution >= 0.6 is 0 Å². The van der Waals surface area contributed by atoms with Crippen LogP contribution in [0.1, 0.15) is 0 Å². The summed E-state index contributed by atoms with van der Waals surface area (Å²) < 4.78 is 4.92. The molecule has 10 aromatic rings. The number of fused-ring (bicyclic) bond motifs is 11. The normalized spacial score (nSPS) is 11.9. The highest BCUT2D eigenvalue weighted by Gasteiger charge is 2.18. The highest BCUT2D eigenvalue weighted by Crippen LogP contribution is 2.40. The van der Waals surface area contributed by atoms with Crippen molar-refractivity contribution in [3.05, 3.63) is 170 Å². The highest BCUT2D eigenvalue weighted by atomic mass is 15.0. The molecule has 0 unspecified atom stereocenters. The molecular formula is C44H28N2. The van der Waals surface area contributed by atoms with E-state index in [9.17, 15) is 0 Å². The summed E-state index contributed by atoms with van der Waals surface area (Å²) in [5.74, 6) is 0. The summed E-state index contributed by atoms with van der Waals surface area (Å²) in [5.41, 5.74) is 12.1. The molecule has 0 aliphatic heterocycles. The number of para-hydroxylation sites is 2. The maximum absolute atomic E-state index is 2.46. The summed E-state index contributed by atoms with van der Waals surface area (Å²) in [4.78, 5) is 0. The topological polar surface area (TPSA) is 9.34 Å². The van der Waals surface area contributed by atoms with Crippen molar-refractivity contribution >= 4 is 59.9 Å². The van der Waals surface area contributed by atoms with Crippen molar-refractivity contribution in [3.63, 3.8) is 0 Å². The molecule has 0 saturated carbocycles. The molecule has 0 spiro atoms. The highest BCUT2D eigenvalue weighted by molar-refractivity contribution is 6.19. The van der Waals surface area contributed by atoms with Gasteiger partial charge >= 0.3 is 0 Å². The van der Waals surface area contributed by atoms with E-state index in [1.165, 1.54) is 82.2 Å². The lowest BCUT2D eigenvalue weighted by Gasteiger charge is -2.14. The molecule has 0 amide bonds. The largest absolute Gasteiger partial charge is 0.309 e. The van der Waals surface area contributed by atoms with Gasteiger partial charge in [0.05, 0.1) is 27.6 Å². The third kappa shape index (κ3) is 3.65. The van der Waals surface area contributed by atoms with Crippen LogP contribution in [0.3, 0.4) is 0 Å². The van der Waals surface area contributed by atoms with Gasteiger partial charge in [-0.3, -0.25) is 0 Å². The molecule has 0 atom stereocenters. The smallest absolute Gasteiger partial charge is 0.0548 e. The molecule has 0 fully saturated rings. The average molecular weight is 585 g/mol. The lowest BCUT2D eigenvalue weighted by molar-refractivity contribution is 1.18. The second-order valence-electron chi connectivity index (χ2n) is 12.2. The van der Waals surface area contributed by atoms with Gasteiger partial charge in [-0.25, -0.2) is 0 Å². The SMILES string of the molecule is c1ccc(-c2cc(-c3ccccc3)cc(-n3c4ccccc4c4cc5c(cc43)cc3c4ccccc4c4ccccc4n53)c2)cc1. The van der Waals surface area contributed by atoms with E-state index in [-0.39, 0.29) is 0 Å². The maximum atomic E-state index is 2.46. The van der Waals surface area contributed by atoms with Gasteiger partial charge in [0.2, 0.25) is 0 Å². The van der Waals surface area contributed by atoms with E-state index in [4.69, 9.17) is 0 Å². The van der Waals surface area contributed by atoms with Crippen molar-refractivity contribution in [1.29, 1.82) is 0 Å². The number of aromatic nitrogens is 2. The first kappa shape index (κ1) is 25.2. The molecule has 10 rings (SSSR count). The van der Waals surface area contributed by atoms with Crippen LogP contribution < -0.4 is 0 Å². The van der Waals surface area contributed by atoms with E-state index >= 15 is 0 Å². The van der Waals surface area contributed by atoms with Crippen LogP contribution in [-0.2, 0) is 0 Å². The zero-order valence-corrected chi connectivity index (χ0v) is 25.1. The van der Waals surface area contributed by atoms with E-state index in [2.05, 4.69) is 179 Å². The summed E-state index contributed by atoms with van der Waals surface area (Å²) in [6.07, 6.45) is 0. The zero-order chi connectivity index (χ0) is 30.2. The fraction of sp³-hybridized carbons (Fsp3) is 0. The van der Waals surface area contributed by atoms with E-state index in [1.54, 1.807) is 0 Å². The van der Waals surface area contributed by atoms with Crippen LogP contribution in [0.15, 0.2) is 170 Å². The Morgan fingerprint density at radius 2 is 0.783 bits per heavy atom. The molecule has 2 nitrogen and oxygen atoms in total. The molecule has 7 aromatic carbocycles. The average Bonchev–Trinajstić information content (AvgIpc) is 3.67. The number of benzene rings is 7. The van der Waals surface area contributed by atoms with Crippen LogP contribution in [0, 0.1) is 0 Å². The number of hydrogen-bond donors (Lipinski definition) is 0. The number of nitrogens with zero attached hydrogens (tertiary/aromatic N) is 2. The van der Waals surface area contributed by atoms with Crippen LogP contribution in [-0.4, -0.2) is 8.97 Å². The van der Waals surface area contributed by atoms with Crippen molar-refractivity contribution < 1.29 is 0 Å². The molecule has 3 heterocycles. The molecule has 0 aliphatic rings. The molecule has 2 heteroatoms. The van der Waals surface area contributed by atoms with Crippen LogP contribution in [0.2, 0.25) is 0 Å². The zero-order valence-electron chi connectivity index (χ0n) is 25.1. The standard InChI is InChI=1S/C44H28N2/c1-3-13-29(14-4-1)31-23-32(30-15-5-2-6-16-30)25-34(24-31)45-40-21-11-10-20-38(40)39-28-42-33(27-44(39)45)26-43-37-19-8-7-17-35(37)36-18-9-12-22-41(36)46(42)43/h1-28H. The van der Waals surface area contributed by atoms with Gasteiger partial charge < -0.3 is 8.97 Å². The summed E-state index contributed by atoms with van der Waals surface area (Å²) in [6, 6.07) is 62.0. The predicted molar refractivity (Wildman–Crippen MR) is 195 cm³/mol. The third-order valence-corrected chi connectivity index (χ3v) is 9.62. The second kappa shape index (κ2) is 9.69. The Morgan fingerprint density at radius 3 is 1.43 bits per heavy atom.